The molecule has 0 aromatic heterocycles. The largest absolute Gasteiger partial charge is 0.394 e. The Bertz CT molecular complexity index is 5120. The number of nitrogens with zero attached hydrogens (tertiary/aromatic N) is 3. The summed E-state index contributed by atoms with van der Waals surface area (Å²) >= 11 is 8.53. The van der Waals surface area contributed by atoms with Crippen molar-refractivity contribution in [2.45, 2.75) is 164 Å². The van der Waals surface area contributed by atoms with Crippen LogP contribution in [0.5, 0.6) is 0 Å². The Labute approximate surface area is 786 Å². The molecule has 0 saturated heterocycles. The molecule has 0 unspecified atom stereocenters. The Balaban J connectivity index is 0.000000532. The number of ether oxygens (including phenoxy) is 2. The number of halogens is 5. The molecule has 2 radical (unpaired) electrons. The van der Waals surface area contributed by atoms with Crippen LogP contribution < -0.4 is 0 Å². The summed E-state index contributed by atoms with van der Waals surface area (Å²) in [5, 5.41) is 8.81. The van der Waals surface area contributed by atoms with E-state index in [0.29, 0.717) is 75.8 Å². The van der Waals surface area contributed by atoms with Crippen molar-refractivity contribution in [1.29, 1.82) is 1.34 Å². The van der Waals surface area contributed by atoms with Crippen LogP contribution in [0.1, 0.15) is 184 Å². The maximum Gasteiger partial charge on any atom is 0.332 e. The molecule has 0 saturated carbocycles. The molecule has 3 amide bonds. The fourth-order valence-corrected chi connectivity index (χ4v) is 14.4. The van der Waals surface area contributed by atoms with E-state index in [9.17, 15) is 64.5 Å². The normalized spacial score (nSPS) is 10.9. The Morgan fingerprint density at radius 3 is 0.833 bits per heavy atom. The first kappa shape index (κ1) is 112. The zero-order valence-corrected chi connectivity index (χ0v) is 81.3. The van der Waals surface area contributed by atoms with Crippen molar-refractivity contribution in [2.75, 3.05) is 65.7 Å². The summed E-state index contributed by atoms with van der Waals surface area (Å²) in [7, 11) is -14.3. The van der Waals surface area contributed by atoms with Gasteiger partial charge in [0.05, 0.1) is 59.2 Å². The van der Waals surface area contributed by atoms with Gasteiger partial charge in [-0.3, -0.25) is 23.4 Å². The molecule has 126 heavy (non-hydrogen) atoms. The fraction of sp³-hybridized carbons (Fsp3) is 0.333. The second kappa shape index (κ2) is 61.9. The summed E-state index contributed by atoms with van der Waals surface area (Å²) < 4.78 is 148. The van der Waals surface area contributed by atoms with E-state index in [4.69, 9.17) is 31.7 Å². The third kappa shape index (κ3) is 42.2. The number of hydrogen-bond donors (Lipinski definition) is 1. The Morgan fingerprint density at radius 2 is 0.595 bits per heavy atom. The molecule has 0 aliphatic heterocycles. The molecule has 30 heteroatoms. The smallest absolute Gasteiger partial charge is 0.332 e. The summed E-state index contributed by atoms with van der Waals surface area (Å²) in [6.45, 7) is 18.0. The van der Waals surface area contributed by atoms with Gasteiger partial charge in [-0.05, 0) is 199 Å². The van der Waals surface area contributed by atoms with Crippen LogP contribution in [0, 0.1) is 31.1 Å². The maximum absolute atomic E-state index is 12.9. The van der Waals surface area contributed by atoms with Crippen molar-refractivity contribution in [2.24, 2.45) is 0 Å². The van der Waals surface area contributed by atoms with Crippen LogP contribution in [-0.2, 0) is 73.0 Å². The van der Waals surface area contributed by atoms with Gasteiger partial charge in [-0.15, -0.1) is 11.7 Å². The van der Waals surface area contributed by atoms with E-state index in [1.165, 1.54) is 64.2 Å². The van der Waals surface area contributed by atoms with E-state index in [2.05, 4.69) is 163 Å². The van der Waals surface area contributed by atoms with Crippen LogP contribution in [0.3, 0.4) is 0 Å². The van der Waals surface area contributed by atoms with Gasteiger partial charge in [0.25, 0.3) is 33.1 Å². The van der Waals surface area contributed by atoms with Gasteiger partial charge in [0, 0.05) is 106 Å². The fourth-order valence-electron chi connectivity index (χ4n) is 11.6. The molecule has 10 aromatic carbocycles. The van der Waals surface area contributed by atoms with Crippen molar-refractivity contribution in [3.63, 3.8) is 0 Å². The Hall–Kier alpha value is -8.40. The van der Waals surface area contributed by atoms with E-state index in [1.54, 1.807) is 21.9 Å². The van der Waals surface area contributed by atoms with Crippen LogP contribution >= 0.6 is 27.5 Å². The van der Waals surface area contributed by atoms with Crippen LogP contribution in [0.4, 0.5) is 11.7 Å². The van der Waals surface area contributed by atoms with E-state index in [0.717, 1.165) is 153 Å². The number of unbranched alkanes of at least 4 members (excludes halogenated alkanes) is 6. The Kier molecular flexibility index (Phi) is 54.9. The molecule has 0 aliphatic carbocycles. The van der Waals surface area contributed by atoms with Crippen molar-refractivity contribution in [3.05, 3.63) is 300 Å². The molecule has 0 aliphatic rings. The summed E-state index contributed by atoms with van der Waals surface area (Å²) in [6, 6.07) is 75.9. The van der Waals surface area contributed by atoms with Crippen LogP contribution in [-0.4, -0.2) is 152 Å². The van der Waals surface area contributed by atoms with Crippen LogP contribution in [0.25, 0.3) is 33.4 Å². The van der Waals surface area contributed by atoms with Gasteiger partial charge in [0.1, 0.15) is 0 Å². The third-order valence-electron chi connectivity index (χ3n) is 18.6. The predicted octanol–water partition coefficient (Wildman–Crippen LogP) is 21.9. The first-order chi connectivity index (χ1) is 59.9. The Morgan fingerprint density at radius 1 is 0.357 bits per heavy atom. The van der Waals surface area contributed by atoms with Crippen LogP contribution in [0.15, 0.2) is 280 Å². The average Bonchev–Trinajstić information content (AvgIpc) is 0.807. The van der Waals surface area contributed by atoms with Gasteiger partial charge in [0.15, 0.2) is 0 Å². The number of aliphatic hydroxyl groups excluding tert-OH is 1. The molecule has 0 atom stereocenters. The zero-order valence-electron chi connectivity index (χ0n) is 72.5. The van der Waals surface area contributed by atoms with Crippen molar-refractivity contribution >= 4 is 99.7 Å². The first-order valence-corrected chi connectivity index (χ1v) is 48.0. The third-order valence-corrected chi connectivity index (χ3v) is 23.3. The van der Waals surface area contributed by atoms with Gasteiger partial charge >= 0.3 is 30.7 Å². The van der Waals surface area contributed by atoms with Crippen LogP contribution in [0.2, 0.25) is 0 Å². The monoisotopic (exact) mass is 2120 g/mol. The van der Waals surface area contributed by atoms with Gasteiger partial charge in [-0.2, -0.15) is 33.7 Å². The number of carbonyl (C=O) groups is 4. The predicted molar refractivity (Wildman–Crippen MR) is 500 cm³/mol. The van der Waals surface area contributed by atoms with Crippen molar-refractivity contribution < 1.29 is 114 Å². The summed E-state index contributed by atoms with van der Waals surface area (Å²) in [5.74, 6) is -0.351. The quantitative estimate of drug-likeness (QED) is 0.0123. The number of hydrogen-bond acceptors (Lipinski definition) is 16. The SMILES string of the molecule is BrCc1ccc(-c2ccccc2)cc1.C.CCCCN(CCCC)C(=O)c1ccc(S(=O)(=O)F)cc1.CCCCN(CCCC)C(=O)c1ccc(S(=O)(=O)F)cc1.CCCCN(CCCC)C(=O)c1ccc(S(=O)(=O)OCCOCc2ccc(-c3ccccc3)cc2)cc1.O=C(Cl)c1ccc(S(=O)(=O)F)cc1.OCCOCc1ccc(-c2ccccc2)cc1.[2H][B].[U]. The molecular formula is C96H117BBrClF3N3O16S4U. The van der Waals surface area contributed by atoms with Gasteiger partial charge in [0.2, 0.25) is 0 Å². The molecule has 0 fully saturated rings. The average molecular weight is 2120 g/mol. The molecule has 678 valence electrons. The van der Waals surface area contributed by atoms with E-state index in [1.807, 2.05) is 71.6 Å². The van der Waals surface area contributed by atoms with Gasteiger partial charge in [-0.25, -0.2) is 0 Å². The van der Waals surface area contributed by atoms with Crippen molar-refractivity contribution in [1.82, 2.24) is 14.7 Å². The molecular weight excluding hydrogens is 2000 g/mol. The topological polar surface area (TPSA) is 262 Å². The first-order valence-electron chi connectivity index (χ1n) is 41.5. The molecule has 0 heterocycles. The van der Waals surface area contributed by atoms with Gasteiger partial charge in [-0.1, -0.05) is 267 Å². The van der Waals surface area contributed by atoms with E-state index < -0.39 is 60.7 Å². The zero-order chi connectivity index (χ0) is 92.1. The molecule has 10 rings (SSSR count). The second-order valence-electron chi connectivity index (χ2n) is 28.1. The second-order valence-corrected chi connectivity index (χ2v) is 34.7. The summed E-state index contributed by atoms with van der Waals surface area (Å²) in [5.41, 5.74) is 12.0. The van der Waals surface area contributed by atoms with E-state index in [-0.39, 0.29) is 86.5 Å². The minimum atomic E-state index is -4.72. The standard InChI is InChI=1S/C30H37NO5S.2C15H22FNO3S.C15H16O2.C13H11Br.C7H4ClFO3S.CH4.BH.U/c1-3-5-20-31(21-6-4-2)30(32)28-16-18-29(19-17-28)37(33,34)36-23-22-35-24-25-12-14-27(15-13-25)26-10-8-7-9-11-26;2*1-3-5-11-17(12-6-4-2)15(18)13-7-9-14(10-8-13)21(16,19)20;16-10-11-17-12-13-6-8-15(9-7-13)14-4-2-1-3-5-14;14-10-11-6-8-13(9-7-11)12-4-2-1-3-5-12;8-7(10)5-1-3-6(4-2-5)13(9,11)12;;;/h7-19H,3-6,20-24H2,1-2H3;2*7-10H,3-6,11-12H2,1-2H3;1-9,16H,10-12H2;1-9H,10H2;1-4H;1H4;1H;/i;;;;;;;1D;. The number of alkyl halides is 1. The minimum Gasteiger partial charge on any atom is -0.394 e. The maximum atomic E-state index is 12.9. The van der Waals surface area contributed by atoms with E-state index >= 15 is 0 Å². The molecule has 10 aromatic rings. The molecule has 1 N–H and O–H groups in total. The number of amides is 3. The number of carbonyl (C=O) groups excluding carboxylic acids is 4. The molecule has 0 bridgehead atoms. The summed E-state index contributed by atoms with van der Waals surface area (Å²) in [4.78, 5) is 52.3. The molecule has 19 nitrogen and oxygen atoms in total. The molecule has 0 spiro atoms. The number of aliphatic hydroxyl groups is 1. The number of rotatable bonds is 40. The number of benzene rings is 10. The summed E-state index contributed by atoms with van der Waals surface area (Å²) in [6.07, 6.45) is 11.6. The van der Waals surface area contributed by atoms with Gasteiger partial charge < -0.3 is 29.3 Å². The van der Waals surface area contributed by atoms with Crippen molar-refractivity contribution in [3.8, 4) is 33.4 Å². The minimum absolute atomic E-state index is 0.